The zero-order chi connectivity index (χ0) is 17.1. The molecule has 2 aliphatic rings. The average molecular weight is 387 g/mol. The molecule has 2 atom stereocenters. The zero-order valence-electron chi connectivity index (χ0n) is 14.7. The van der Waals surface area contributed by atoms with Crippen LogP contribution in [0.15, 0.2) is 24.3 Å². The third-order valence-electron chi connectivity index (χ3n) is 5.65. The van der Waals surface area contributed by atoms with Gasteiger partial charge in [0.15, 0.2) is 0 Å². The van der Waals surface area contributed by atoms with Gasteiger partial charge in [-0.25, -0.2) is 0 Å². The van der Waals surface area contributed by atoms with Gasteiger partial charge in [0.25, 0.3) is 0 Å². The van der Waals surface area contributed by atoms with E-state index in [1.165, 1.54) is 19.3 Å². The second kappa shape index (κ2) is 9.11. The fourth-order valence-corrected chi connectivity index (χ4v) is 4.37. The van der Waals surface area contributed by atoms with Gasteiger partial charge >= 0.3 is 0 Å². The van der Waals surface area contributed by atoms with Gasteiger partial charge in [0.2, 0.25) is 5.91 Å². The number of hydrogen-bond acceptors (Lipinski definition) is 3. The molecule has 25 heavy (non-hydrogen) atoms. The van der Waals surface area contributed by atoms with E-state index >= 15 is 0 Å². The van der Waals surface area contributed by atoms with Gasteiger partial charge in [0, 0.05) is 24.0 Å². The van der Waals surface area contributed by atoms with Crippen LogP contribution < -0.4 is 10.5 Å². The highest BCUT2D eigenvalue weighted by Crippen LogP contribution is 2.42. The third kappa shape index (κ3) is 5.02. The first kappa shape index (κ1) is 20.3. The minimum absolute atomic E-state index is 0. The summed E-state index contributed by atoms with van der Waals surface area (Å²) in [5.41, 5.74) is 6.32. The molecule has 6 heteroatoms. The molecule has 2 unspecified atom stereocenters. The Hall–Kier alpha value is -0.970. The van der Waals surface area contributed by atoms with E-state index in [9.17, 15) is 4.79 Å². The Balaban J connectivity index is 0.00000225. The highest BCUT2D eigenvalue weighted by atomic mass is 35.5. The molecule has 2 fully saturated rings. The summed E-state index contributed by atoms with van der Waals surface area (Å²) >= 11 is 5.86. The van der Waals surface area contributed by atoms with E-state index in [1.807, 2.05) is 24.1 Å². The lowest BCUT2D eigenvalue weighted by molar-refractivity contribution is -0.137. The van der Waals surface area contributed by atoms with Crippen LogP contribution in [0.25, 0.3) is 0 Å². The van der Waals surface area contributed by atoms with Gasteiger partial charge in [0.1, 0.15) is 12.4 Å². The third-order valence-corrected chi connectivity index (χ3v) is 5.90. The van der Waals surface area contributed by atoms with Crippen LogP contribution in [0.5, 0.6) is 5.75 Å². The summed E-state index contributed by atoms with van der Waals surface area (Å²) in [4.78, 5) is 14.5. The number of amides is 1. The normalized spacial score (nSPS) is 28.0. The number of nitrogens with zero attached hydrogens (tertiary/aromatic N) is 1. The van der Waals surface area contributed by atoms with E-state index in [-0.39, 0.29) is 24.2 Å². The lowest BCUT2D eigenvalue weighted by atomic mass is 9.65. The summed E-state index contributed by atoms with van der Waals surface area (Å²) in [6, 6.07) is 7.59. The summed E-state index contributed by atoms with van der Waals surface area (Å²) in [6.07, 6.45) is 5.56. The van der Waals surface area contributed by atoms with Crippen LogP contribution >= 0.6 is 24.0 Å². The smallest absolute Gasteiger partial charge is 0.225 e. The molecule has 4 nitrogen and oxygen atoms in total. The second-order valence-corrected chi connectivity index (χ2v) is 7.70. The van der Waals surface area contributed by atoms with Crippen molar-refractivity contribution in [2.75, 3.05) is 20.2 Å². The maximum absolute atomic E-state index is 12.7. The van der Waals surface area contributed by atoms with Crippen molar-refractivity contribution in [2.24, 2.45) is 23.5 Å². The molecule has 0 heterocycles. The van der Waals surface area contributed by atoms with E-state index in [0.717, 1.165) is 18.6 Å². The molecule has 0 aromatic heterocycles. The number of nitrogens with two attached hydrogens (primary N) is 1. The number of hydrogen-bond donors (Lipinski definition) is 1. The highest BCUT2D eigenvalue weighted by molar-refractivity contribution is 6.30. The van der Waals surface area contributed by atoms with Crippen molar-refractivity contribution < 1.29 is 9.53 Å². The van der Waals surface area contributed by atoms with Crippen LogP contribution in [0.1, 0.15) is 32.1 Å². The first-order valence-corrected chi connectivity index (χ1v) is 9.31. The van der Waals surface area contributed by atoms with Crippen molar-refractivity contribution in [3.8, 4) is 5.75 Å². The maximum atomic E-state index is 12.7. The molecule has 2 saturated carbocycles. The molecule has 2 N–H and O–H groups in total. The van der Waals surface area contributed by atoms with Gasteiger partial charge in [-0.3, -0.25) is 4.79 Å². The Kier molecular flexibility index (Phi) is 7.41. The minimum Gasteiger partial charge on any atom is -0.492 e. The summed E-state index contributed by atoms with van der Waals surface area (Å²) in [7, 11) is 1.87. The molecule has 140 valence electrons. The summed E-state index contributed by atoms with van der Waals surface area (Å²) in [6.45, 7) is 1.09. The Morgan fingerprint density at radius 1 is 1.24 bits per heavy atom. The van der Waals surface area contributed by atoms with E-state index in [1.54, 1.807) is 12.1 Å². The van der Waals surface area contributed by atoms with Gasteiger partial charge in [-0.1, -0.05) is 18.0 Å². The van der Waals surface area contributed by atoms with Crippen molar-refractivity contribution in [1.82, 2.24) is 4.90 Å². The molecule has 0 saturated heterocycles. The van der Waals surface area contributed by atoms with Gasteiger partial charge < -0.3 is 15.4 Å². The Labute approximate surface area is 161 Å². The maximum Gasteiger partial charge on any atom is 0.225 e. The molecule has 1 aromatic rings. The molecular formula is C19H28Cl2N2O2. The fourth-order valence-electron chi connectivity index (χ4n) is 4.24. The number of halogens is 2. The summed E-state index contributed by atoms with van der Waals surface area (Å²) < 4.78 is 5.69. The standard InChI is InChI=1S/C19H27ClN2O2.ClH/c1-22(9-10-24-17-7-5-16(20)6-8-17)19(23)15-11-13-3-2-4-14(12-15)18(13)21;/h5-8,13-15,18H,2-4,9-12,21H2,1H3;1H. The predicted octanol–water partition coefficient (Wildman–Crippen LogP) is 3.75. The minimum atomic E-state index is 0. The molecule has 1 amide bonds. The largest absolute Gasteiger partial charge is 0.492 e. The Bertz CT molecular complexity index is 553. The van der Waals surface area contributed by atoms with Crippen LogP contribution in [0.3, 0.4) is 0 Å². The second-order valence-electron chi connectivity index (χ2n) is 7.26. The fraction of sp³-hybridized carbons (Fsp3) is 0.632. The van der Waals surface area contributed by atoms with Crippen LogP contribution in [-0.2, 0) is 4.79 Å². The van der Waals surface area contributed by atoms with E-state index in [4.69, 9.17) is 22.1 Å². The zero-order valence-corrected chi connectivity index (χ0v) is 16.3. The van der Waals surface area contributed by atoms with Gasteiger partial charge in [-0.15, -0.1) is 12.4 Å². The van der Waals surface area contributed by atoms with E-state index < -0.39 is 0 Å². The van der Waals surface area contributed by atoms with Crippen LogP contribution in [0, 0.1) is 17.8 Å². The van der Waals surface area contributed by atoms with Gasteiger partial charge in [0.05, 0.1) is 6.54 Å². The lowest BCUT2D eigenvalue weighted by Gasteiger charge is -2.44. The molecule has 2 aliphatic carbocycles. The topological polar surface area (TPSA) is 55.6 Å². The monoisotopic (exact) mass is 386 g/mol. The number of carbonyl (C=O) groups is 1. The molecule has 0 radical (unpaired) electrons. The first-order valence-electron chi connectivity index (χ1n) is 8.93. The van der Waals surface area contributed by atoms with Crippen molar-refractivity contribution >= 4 is 29.9 Å². The lowest BCUT2D eigenvalue weighted by Crippen LogP contribution is -2.49. The molecular weight excluding hydrogens is 359 g/mol. The number of benzene rings is 1. The van der Waals surface area contributed by atoms with Crippen molar-refractivity contribution in [3.05, 3.63) is 29.3 Å². The number of ether oxygens (including phenoxy) is 1. The van der Waals surface area contributed by atoms with Crippen LogP contribution in [0.4, 0.5) is 0 Å². The number of likely N-dealkylation sites (N-methyl/N-ethyl adjacent to an activating group) is 1. The van der Waals surface area contributed by atoms with Crippen molar-refractivity contribution in [1.29, 1.82) is 0 Å². The summed E-state index contributed by atoms with van der Waals surface area (Å²) in [5, 5.41) is 0.690. The predicted molar refractivity (Wildman–Crippen MR) is 103 cm³/mol. The number of carbonyl (C=O) groups excluding carboxylic acids is 1. The molecule has 1 aromatic carbocycles. The molecule has 0 aliphatic heterocycles. The molecule has 3 rings (SSSR count). The first-order chi connectivity index (χ1) is 11.5. The van der Waals surface area contributed by atoms with Crippen molar-refractivity contribution in [2.45, 2.75) is 38.1 Å². The van der Waals surface area contributed by atoms with Crippen molar-refractivity contribution in [3.63, 3.8) is 0 Å². The van der Waals surface area contributed by atoms with Crippen LogP contribution in [-0.4, -0.2) is 37.0 Å². The van der Waals surface area contributed by atoms with E-state index in [2.05, 4.69) is 0 Å². The SMILES string of the molecule is CN(CCOc1ccc(Cl)cc1)C(=O)C1CC2CCCC(C1)C2N.Cl. The van der Waals surface area contributed by atoms with Crippen LogP contribution in [0.2, 0.25) is 5.02 Å². The van der Waals surface area contributed by atoms with E-state index in [0.29, 0.717) is 36.1 Å². The summed E-state index contributed by atoms with van der Waals surface area (Å²) in [5.74, 6) is 2.23. The van der Waals surface area contributed by atoms with Gasteiger partial charge in [-0.05, 0) is 61.8 Å². The molecule has 2 bridgehead atoms. The van der Waals surface area contributed by atoms with Gasteiger partial charge in [-0.2, -0.15) is 0 Å². The Morgan fingerprint density at radius 2 is 1.84 bits per heavy atom. The quantitative estimate of drug-likeness (QED) is 0.837. The number of fused-ring (bicyclic) bond motifs is 2. The average Bonchev–Trinajstić information content (AvgIpc) is 2.55. The Morgan fingerprint density at radius 3 is 2.44 bits per heavy atom. The highest BCUT2D eigenvalue weighted by Gasteiger charge is 2.41. The molecule has 0 spiro atoms. The number of rotatable bonds is 5.